The van der Waals surface area contributed by atoms with Crippen LogP contribution in [-0.2, 0) is 11.3 Å². The second kappa shape index (κ2) is 9.23. The third kappa shape index (κ3) is 5.34. The largest absolute Gasteiger partial charge is 0.315 e. The monoisotopic (exact) mass is 380 g/mol. The van der Waals surface area contributed by atoms with Crippen molar-refractivity contribution in [3.05, 3.63) is 90.0 Å². The zero-order valence-corrected chi connectivity index (χ0v) is 16.4. The van der Waals surface area contributed by atoms with E-state index in [0.717, 1.165) is 28.9 Å². The maximum atomic E-state index is 12.1. The summed E-state index contributed by atoms with van der Waals surface area (Å²) in [6, 6.07) is 26.1. The van der Waals surface area contributed by atoms with Gasteiger partial charge in [0.25, 0.3) is 0 Å². The van der Waals surface area contributed by atoms with Crippen molar-refractivity contribution < 1.29 is 4.79 Å². The SMILES string of the molecule is O=C(C#Cc1ccc(CN2CCCC2)cc1)Nc1ccc(-c2ccccc2)cc1. The van der Waals surface area contributed by atoms with Crippen LogP contribution in [-0.4, -0.2) is 23.9 Å². The average Bonchev–Trinajstić information content (AvgIpc) is 3.27. The summed E-state index contributed by atoms with van der Waals surface area (Å²) in [5.41, 5.74) is 5.15. The van der Waals surface area contributed by atoms with Gasteiger partial charge in [0, 0.05) is 23.7 Å². The van der Waals surface area contributed by atoms with E-state index in [1.165, 1.54) is 31.5 Å². The van der Waals surface area contributed by atoms with Crippen molar-refractivity contribution in [3.8, 4) is 23.0 Å². The van der Waals surface area contributed by atoms with Gasteiger partial charge in [0.2, 0.25) is 0 Å². The highest BCUT2D eigenvalue weighted by molar-refractivity contribution is 6.04. The molecule has 0 atom stereocenters. The van der Waals surface area contributed by atoms with Gasteiger partial charge in [-0.1, -0.05) is 60.5 Å². The van der Waals surface area contributed by atoms with Crippen LogP contribution in [0.4, 0.5) is 5.69 Å². The normalized spacial score (nSPS) is 13.5. The summed E-state index contributed by atoms with van der Waals surface area (Å²) in [4.78, 5) is 14.6. The van der Waals surface area contributed by atoms with Crippen molar-refractivity contribution in [1.82, 2.24) is 4.90 Å². The molecule has 1 saturated heterocycles. The van der Waals surface area contributed by atoms with Gasteiger partial charge in [-0.05, 0) is 66.9 Å². The van der Waals surface area contributed by atoms with Crippen molar-refractivity contribution in [1.29, 1.82) is 0 Å². The van der Waals surface area contributed by atoms with Gasteiger partial charge in [0.05, 0.1) is 0 Å². The van der Waals surface area contributed by atoms with Gasteiger partial charge in [-0.15, -0.1) is 0 Å². The van der Waals surface area contributed by atoms with E-state index in [0.29, 0.717) is 0 Å². The molecule has 144 valence electrons. The van der Waals surface area contributed by atoms with Crippen molar-refractivity contribution in [2.24, 2.45) is 0 Å². The van der Waals surface area contributed by atoms with E-state index in [-0.39, 0.29) is 5.91 Å². The molecule has 3 heteroatoms. The fraction of sp³-hybridized carbons (Fsp3) is 0.192. The second-order valence-corrected chi connectivity index (χ2v) is 7.33. The first-order valence-electron chi connectivity index (χ1n) is 10.1. The molecule has 1 aliphatic heterocycles. The van der Waals surface area contributed by atoms with Gasteiger partial charge in [-0.3, -0.25) is 9.69 Å². The quantitative estimate of drug-likeness (QED) is 0.650. The topological polar surface area (TPSA) is 32.3 Å². The molecular formula is C26H24N2O. The van der Waals surface area contributed by atoms with Crippen molar-refractivity contribution in [3.63, 3.8) is 0 Å². The van der Waals surface area contributed by atoms with Crippen LogP contribution in [0.5, 0.6) is 0 Å². The van der Waals surface area contributed by atoms with Crippen molar-refractivity contribution >= 4 is 11.6 Å². The van der Waals surface area contributed by atoms with Crippen LogP contribution < -0.4 is 5.32 Å². The van der Waals surface area contributed by atoms with Crippen molar-refractivity contribution in [2.75, 3.05) is 18.4 Å². The van der Waals surface area contributed by atoms with Crippen molar-refractivity contribution in [2.45, 2.75) is 19.4 Å². The molecule has 0 aliphatic carbocycles. The summed E-state index contributed by atoms with van der Waals surface area (Å²) in [5.74, 6) is 5.32. The zero-order chi connectivity index (χ0) is 19.9. The Labute approximate surface area is 172 Å². The minimum Gasteiger partial charge on any atom is -0.315 e. The number of hydrogen-bond donors (Lipinski definition) is 1. The van der Waals surface area contributed by atoms with E-state index in [4.69, 9.17) is 0 Å². The van der Waals surface area contributed by atoms with Gasteiger partial charge in [0.15, 0.2) is 0 Å². The minimum absolute atomic E-state index is 0.307. The summed E-state index contributed by atoms with van der Waals surface area (Å²) < 4.78 is 0. The minimum atomic E-state index is -0.307. The lowest BCUT2D eigenvalue weighted by Crippen LogP contribution is -2.18. The van der Waals surface area contributed by atoms with E-state index in [2.05, 4.69) is 46.3 Å². The lowest BCUT2D eigenvalue weighted by molar-refractivity contribution is -0.111. The van der Waals surface area contributed by atoms with E-state index in [1.54, 1.807) is 0 Å². The van der Waals surface area contributed by atoms with Crippen LogP contribution in [0.15, 0.2) is 78.9 Å². The fourth-order valence-corrected chi connectivity index (χ4v) is 3.56. The second-order valence-electron chi connectivity index (χ2n) is 7.33. The molecule has 0 unspecified atom stereocenters. The lowest BCUT2D eigenvalue weighted by Gasteiger charge is -2.14. The van der Waals surface area contributed by atoms with E-state index >= 15 is 0 Å². The van der Waals surface area contributed by atoms with Crippen LogP contribution in [0.3, 0.4) is 0 Å². The molecule has 3 aromatic carbocycles. The number of rotatable bonds is 4. The molecule has 0 spiro atoms. The van der Waals surface area contributed by atoms with E-state index < -0.39 is 0 Å². The first-order valence-corrected chi connectivity index (χ1v) is 10.1. The number of carbonyl (C=O) groups is 1. The summed E-state index contributed by atoms with van der Waals surface area (Å²) in [6.45, 7) is 3.37. The summed E-state index contributed by atoms with van der Waals surface area (Å²) in [7, 11) is 0. The highest BCUT2D eigenvalue weighted by atomic mass is 16.1. The molecule has 1 amide bonds. The Hall–Kier alpha value is -3.35. The van der Waals surface area contributed by atoms with E-state index in [1.807, 2.05) is 54.6 Å². The Balaban J connectivity index is 1.33. The maximum Gasteiger partial charge on any atom is 0.300 e. The van der Waals surface area contributed by atoms with Crippen LogP contribution >= 0.6 is 0 Å². The number of benzene rings is 3. The number of amides is 1. The highest BCUT2D eigenvalue weighted by Gasteiger charge is 2.11. The third-order valence-corrected chi connectivity index (χ3v) is 5.13. The van der Waals surface area contributed by atoms with Gasteiger partial charge in [-0.25, -0.2) is 0 Å². The van der Waals surface area contributed by atoms with Gasteiger partial charge in [-0.2, -0.15) is 0 Å². The fourth-order valence-electron chi connectivity index (χ4n) is 3.56. The number of anilines is 1. The number of nitrogens with zero attached hydrogens (tertiary/aromatic N) is 1. The average molecular weight is 380 g/mol. The molecule has 1 N–H and O–H groups in total. The van der Waals surface area contributed by atoms with Crippen LogP contribution in [0, 0.1) is 11.8 Å². The first-order chi connectivity index (χ1) is 14.3. The maximum absolute atomic E-state index is 12.1. The third-order valence-electron chi connectivity index (χ3n) is 5.13. The Kier molecular flexibility index (Phi) is 6.04. The van der Waals surface area contributed by atoms with Crippen LogP contribution in [0.2, 0.25) is 0 Å². The predicted octanol–water partition coefficient (Wildman–Crippen LogP) is 4.94. The molecule has 1 fully saturated rings. The molecule has 3 nitrogen and oxygen atoms in total. The molecule has 0 aromatic heterocycles. The lowest BCUT2D eigenvalue weighted by atomic mass is 10.1. The molecule has 29 heavy (non-hydrogen) atoms. The molecule has 1 heterocycles. The Morgan fingerprint density at radius 1 is 0.828 bits per heavy atom. The number of nitrogens with one attached hydrogen (secondary N) is 1. The van der Waals surface area contributed by atoms with E-state index in [9.17, 15) is 4.79 Å². The molecule has 1 aliphatic rings. The molecular weight excluding hydrogens is 356 g/mol. The van der Waals surface area contributed by atoms with Gasteiger partial charge >= 0.3 is 5.91 Å². The van der Waals surface area contributed by atoms with Gasteiger partial charge in [0.1, 0.15) is 0 Å². The predicted molar refractivity (Wildman–Crippen MR) is 118 cm³/mol. The summed E-state index contributed by atoms with van der Waals surface area (Å²) in [6.07, 6.45) is 2.60. The number of likely N-dealkylation sites (tertiary alicyclic amines) is 1. The molecule has 3 aromatic rings. The van der Waals surface area contributed by atoms with Gasteiger partial charge < -0.3 is 5.32 Å². The molecule has 4 rings (SSSR count). The smallest absolute Gasteiger partial charge is 0.300 e. The molecule has 0 saturated carbocycles. The van der Waals surface area contributed by atoms with Crippen LogP contribution in [0.25, 0.3) is 11.1 Å². The highest BCUT2D eigenvalue weighted by Crippen LogP contribution is 2.21. The summed E-state index contributed by atoms with van der Waals surface area (Å²) >= 11 is 0. The van der Waals surface area contributed by atoms with Crippen LogP contribution in [0.1, 0.15) is 24.0 Å². The molecule has 0 bridgehead atoms. The first kappa shape index (κ1) is 19.0. The Morgan fingerprint density at radius 2 is 1.48 bits per heavy atom. The standard InChI is InChI=1S/C26H24N2O/c29-26(27-25-15-13-24(14-16-25)23-6-2-1-3-7-23)17-12-21-8-10-22(11-9-21)20-28-18-4-5-19-28/h1-3,6-11,13-16H,4-5,18-20H2,(H,27,29). The molecule has 0 radical (unpaired) electrons. The zero-order valence-electron chi connectivity index (χ0n) is 16.4. The number of hydrogen-bond acceptors (Lipinski definition) is 2. The number of carbonyl (C=O) groups excluding carboxylic acids is 1. The Morgan fingerprint density at radius 3 is 2.17 bits per heavy atom. The summed E-state index contributed by atoms with van der Waals surface area (Å²) in [5, 5.41) is 2.83. The Bertz CT molecular complexity index is 1010.